The molecule has 1 aliphatic rings. The monoisotopic (exact) mass is 435 g/mol. The molecule has 166 valence electrons. The van der Waals surface area contributed by atoms with Crippen molar-refractivity contribution in [2.45, 2.75) is 51.7 Å². The average molecular weight is 435 g/mol. The molecule has 0 unspecified atom stereocenters. The zero-order chi connectivity index (χ0) is 22.9. The number of rotatable bonds is 6. The first-order valence-electron chi connectivity index (χ1n) is 9.18. The number of carbonyl (C=O) groups excluding carboxylic acids is 4. The highest BCUT2D eigenvalue weighted by Gasteiger charge is 2.64. The maximum atomic E-state index is 13.0. The fraction of sp³-hybridized carbons (Fsp3) is 0.500. The Hall–Kier alpha value is -3.61. The van der Waals surface area contributed by atoms with Crippen LogP contribution in [-0.4, -0.2) is 68.1 Å². The molecule has 0 bridgehead atoms. The van der Waals surface area contributed by atoms with E-state index in [-0.39, 0.29) is 23.6 Å². The SMILES string of the molecule is CC(=O)OC[C@H]1O[C@@](C(C)=O)(n2cnc3c(N)ncnc32)[C@H](OC(C)=O)[C@@H]1OC(C)=O. The Kier molecular flexibility index (Phi) is 5.88. The number of anilines is 1. The normalized spacial score (nSPS) is 25.2. The summed E-state index contributed by atoms with van der Waals surface area (Å²) in [5.74, 6) is -2.67. The lowest BCUT2D eigenvalue weighted by molar-refractivity contribution is -0.186. The minimum Gasteiger partial charge on any atom is -0.463 e. The molecule has 3 rings (SSSR count). The van der Waals surface area contributed by atoms with Crippen molar-refractivity contribution in [3.63, 3.8) is 0 Å². The van der Waals surface area contributed by atoms with Gasteiger partial charge < -0.3 is 24.7 Å². The summed E-state index contributed by atoms with van der Waals surface area (Å²) in [5.41, 5.74) is 4.11. The number of nitrogens with two attached hydrogens (primary N) is 1. The number of carbonyl (C=O) groups is 4. The van der Waals surface area contributed by atoms with Gasteiger partial charge in [-0.1, -0.05) is 0 Å². The van der Waals surface area contributed by atoms with E-state index in [2.05, 4.69) is 15.0 Å². The van der Waals surface area contributed by atoms with E-state index in [0.29, 0.717) is 0 Å². The molecule has 0 amide bonds. The number of imidazole rings is 1. The first-order chi connectivity index (χ1) is 14.6. The van der Waals surface area contributed by atoms with Crippen molar-refractivity contribution in [3.8, 4) is 0 Å². The molecule has 0 aromatic carbocycles. The second-order valence-corrected chi connectivity index (χ2v) is 6.86. The summed E-state index contributed by atoms with van der Waals surface area (Å²) in [6.45, 7) is 4.28. The molecule has 0 spiro atoms. The fourth-order valence-corrected chi connectivity index (χ4v) is 3.51. The van der Waals surface area contributed by atoms with Gasteiger partial charge in [-0.3, -0.25) is 23.7 Å². The summed E-state index contributed by atoms with van der Waals surface area (Å²) in [4.78, 5) is 60.1. The molecule has 3 heterocycles. The number of Topliss-reactive ketones (excluding diaryl/α,β-unsaturated/α-hetero) is 1. The maximum absolute atomic E-state index is 13.0. The lowest BCUT2D eigenvalue weighted by atomic mass is 9.98. The Morgan fingerprint density at radius 3 is 2.32 bits per heavy atom. The molecule has 0 saturated carbocycles. The van der Waals surface area contributed by atoms with Crippen molar-refractivity contribution in [2.75, 3.05) is 12.3 Å². The fourth-order valence-electron chi connectivity index (χ4n) is 3.51. The third-order valence-corrected chi connectivity index (χ3v) is 4.65. The number of fused-ring (bicyclic) bond motifs is 1. The molecule has 13 nitrogen and oxygen atoms in total. The maximum Gasteiger partial charge on any atom is 0.303 e. The number of aromatic nitrogens is 4. The summed E-state index contributed by atoms with van der Waals surface area (Å²) >= 11 is 0. The van der Waals surface area contributed by atoms with Crippen LogP contribution in [0, 0.1) is 0 Å². The van der Waals surface area contributed by atoms with Crippen molar-refractivity contribution in [2.24, 2.45) is 0 Å². The predicted octanol–water partition coefficient (Wildman–Crippen LogP) is -0.524. The molecular weight excluding hydrogens is 414 g/mol. The summed E-state index contributed by atoms with van der Waals surface area (Å²) in [5, 5.41) is 0. The first kappa shape index (κ1) is 22.1. The van der Waals surface area contributed by atoms with Crippen molar-refractivity contribution in [1.82, 2.24) is 19.5 Å². The number of ether oxygens (including phenoxy) is 4. The molecule has 4 atom stereocenters. The van der Waals surface area contributed by atoms with E-state index in [0.717, 1.165) is 13.8 Å². The molecule has 2 N–H and O–H groups in total. The molecule has 1 aliphatic heterocycles. The van der Waals surface area contributed by atoms with Gasteiger partial charge in [-0.25, -0.2) is 15.0 Å². The lowest BCUT2D eigenvalue weighted by Gasteiger charge is -2.33. The lowest BCUT2D eigenvalue weighted by Crippen LogP contribution is -2.53. The van der Waals surface area contributed by atoms with Gasteiger partial charge in [-0.2, -0.15) is 0 Å². The van der Waals surface area contributed by atoms with E-state index in [1.54, 1.807) is 0 Å². The van der Waals surface area contributed by atoms with Gasteiger partial charge in [-0.15, -0.1) is 0 Å². The molecule has 2 aromatic rings. The highest BCUT2D eigenvalue weighted by molar-refractivity contribution is 5.88. The van der Waals surface area contributed by atoms with Gasteiger partial charge in [-0.05, 0) is 6.92 Å². The molecule has 0 radical (unpaired) electrons. The standard InChI is InChI=1S/C18H21N5O8/c1-8(24)18(23-7-22-13-16(19)20-6-21-17(13)23)15(30-11(4)27)14(29-10(3)26)12(31-18)5-28-9(2)25/h6-7,12,14-15H,5H2,1-4H3,(H2,19,20,21)/t12-,14-,15-,18-/m1/s1. The van der Waals surface area contributed by atoms with Gasteiger partial charge in [0.05, 0.1) is 0 Å². The van der Waals surface area contributed by atoms with Gasteiger partial charge >= 0.3 is 17.9 Å². The highest BCUT2D eigenvalue weighted by atomic mass is 16.7. The third-order valence-electron chi connectivity index (χ3n) is 4.65. The minimum absolute atomic E-state index is 0.0532. The minimum atomic E-state index is -2.04. The zero-order valence-electron chi connectivity index (χ0n) is 17.2. The summed E-state index contributed by atoms with van der Waals surface area (Å²) in [6.07, 6.45) is -1.47. The van der Waals surface area contributed by atoms with E-state index in [1.807, 2.05) is 0 Å². The summed E-state index contributed by atoms with van der Waals surface area (Å²) in [6, 6.07) is 0. The molecule has 2 aromatic heterocycles. The third kappa shape index (κ3) is 3.91. The van der Waals surface area contributed by atoms with Gasteiger partial charge in [0.15, 0.2) is 29.5 Å². The Bertz CT molecular complexity index is 1050. The number of ketones is 1. The van der Waals surface area contributed by atoms with Crippen LogP contribution in [0.25, 0.3) is 11.2 Å². The second-order valence-electron chi connectivity index (χ2n) is 6.86. The van der Waals surface area contributed by atoms with Crippen LogP contribution in [0.15, 0.2) is 12.7 Å². The van der Waals surface area contributed by atoms with E-state index >= 15 is 0 Å². The van der Waals surface area contributed by atoms with Gasteiger partial charge in [0, 0.05) is 20.8 Å². The van der Waals surface area contributed by atoms with E-state index in [1.165, 1.54) is 31.1 Å². The van der Waals surface area contributed by atoms with Crippen LogP contribution < -0.4 is 5.73 Å². The van der Waals surface area contributed by atoms with Crippen LogP contribution >= 0.6 is 0 Å². The van der Waals surface area contributed by atoms with Crippen LogP contribution in [0.3, 0.4) is 0 Å². The van der Waals surface area contributed by atoms with Crippen LogP contribution in [0.4, 0.5) is 5.82 Å². The Morgan fingerprint density at radius 1 is 1.06 bits per heavy atom. The van der Waals surface area contributed by atoms with E-state index in [9.17, 15) is 19.2 Å². The average Bonchev–Trinajstić information content (AvgIpc) is 3.21. The molecular formula is C18H21N5O8. The molecule has 13 heteroatoms. The van der Waals surface area contributed by atoms with Crippen molar-refractivity contribution in [1.29, 1.82) is 0 Å². The first-order valence-corrected chi connectivity index (χ1v) is 9.18. The number of esters is 3. The van der Waals surface area contributed by atoms with Gasteiger partial charge in [0.2, 0.25) is 5.72 Å². The zero-order valence-corrected chi connectivity index (χ0v) is 17.2. The van der Waals surface area contributed by atoms with Crippen LogP contribution in [0.5, 0.6) is 0 Å². The number of hydrogen-bond donors (Lipinski definition) is 1. The van der Waals surface area contributed by atoms with Crippen LogP contribution in [0.1, 0.15) is 27.7 Å². The van der Waals surface area contributed by atoms with E-state index < -0.39 is 47.7 Å². The Labute approximate surface area is 175 Å². The molecule has 0 aliphatic carbocycles. The second kappa shape index (κ2) is 8.26. The van der Waals surface area contributed by atoms with Crippen molar-refractivity contribution in [3.05, 3.63) is 12.7 Å². The summed E-state index contributed by atoms with van der Waals surface area (Å²) < 4.78 is 23.0. The Balaban J connectivity index is 2.22. The van der Waals surface area contributed by atoms with Gasteiger partial charge in [0.1, 0.15) is 30.9 Å². The Morgan fingerprint density at radius 2 is 1.74 bits per heavy atom. The topological polar surface area (TPSA) is 175 Å². The summed E-state index contributed by atoms with van der Waals surface area (Å²) in [7, 11) is 0. The molecule has 31 heavy (non-hydrogen) atoms. The van der Waals surface area contributed by atoms with Gasteiger partial charge in [0.25, 0.3) is 0 Å². The number of nitrogens with zero attached hydrogens (tertiary/aromatic N) is 4. The predicted molar refractivity (Wildman–Crippen MR) is 101 cm³/mol. The van der Waals surface area contributed by atoms with Crippen molar-refractivity contribution >= 4 is 40.7 Å². The van der Waals surface area contributed by atoms with Crippen LogP contribution in [0.2, 0.25) is 0 Å². The quantitative estimate of drug-likeness (QED) is 0.454. The van der Waals surface area contributed by atoms with Crippen LogP contribution in [-0.2, 0) is 43.9 Å². The largest absolute Gasteiger partial charge is 0.463 e. The smallest absolute Gasteiger partial charge is 0.303 e. The van der Waals surface area contributed by atoms with E-state index in [4.69, 9.17) is 24.7 Å². The number of hydrogen-bond acceptors (Lipinski definition) is 12. The molecule has 1 fully saturated rings. The van der Waals surface area contributed by atoms with Crippen molar-refractivity contribution < 1.29 is 38.1 Å². The highest BCUT2D eigenvalue weighted by Crippen LogP contribution is 2.42. The number of nitrogen functional groups attached to an aromatic ring is 1. The molecule has 1 saturated heterocycles.